The van der Waals surface area contributed by atoms with Crippen LogP contribution in [0.25, 0.3) is 0 Å². The van der Waals surface area contributed by atoms with Gasteiger partial charge in [0.05, 0.1) is 0 Å². The number of ether oxygens (including phenoxy) is 1. The van der Waals surface area contributed by atoms with Gasteiger partial charge in [0.15, 0.2) is 0 Å². The largest absolute Gasteiger partial charge is 0.489 e. The number of hydrogen-bond donors (Lipinski definition) is 0. The van der Waals surface area contributed by atoms with Crippen LogP contribution in [0.3, 0.4) is 0 Å². The average Bonchev–Trinajstić information content (AvgIpc) is 2.35. The van der Waals surface area contributed by atoms with E-state index in [0.29, 0.717) is 18.1 Å². The Kier molecular flexibility index (Phi) is 4.95. The highest BCUT2D eigenvalue weighted by atomic mass is 16.5. The third-order valence-electron chi connectivity index (χ3n) is 2.79. The van der Waals surface area contributed by atoms with Gasteiger partial charge in [0.2, 0.25) is 0 Å². The lowest BCUT2D eigenvalue weighted by molar-refractivity contribution is 0.112. The molecular formula is C15H20O2. The van der Waals surface area contributed by atoms with Gasteiger partial charge in [-0.05, 0) is 48.6 Å². The predicted molar refractivity (Wildman–Crippen MR) is 70.8 cm³/mol. The summed E-state index contributed by atoms with van der Waals surface area (Å²) in [5.74, 6) is 1.24. The minimum absolute atomic E-state index is 0.384. The van der Waals surface area contributed by atoms with Crippen molar-refractivity contribution in [1.29, 1.82) is 0 Å². The molecule has 0 bridgehead atoms. The molecule has 0 fully saturated rings. The molecule has 1 aromatic carbocycles. The highest BCUT2D eigenvalue weighted by Crippen LogP contribution is 2.29. The first-order valence-electron chi connectivity index (χ1n) is 5.94. The van der Waals surface area contributed by atoms with Gasteiger partial charge in [-0.15, -0.1) is 0 Å². The molecule has 1 aromatic rings. The van der Waals surface area contributed by atoms with E-state index in [-0.39, 0.29) is 0 Å². The van der Waals surface area contributed by atoms with Crippen LogP contribution < -0.4 is 4.74 Å². The first kappa shape index (κ1) is 13.5. The Morgan fingerprint density at radius 2 is 2.24 bits per heavy atom. The lowest BCUT2D eigenvalue weighted by Crippen LogP contribution is -2.03. The SMILES string of the molecule is C=C(C)COc1ccc(C=O)cc1C(C)CC. The molecule has 0 saturated carbocycles. The van der Waals surface area contributed by atoms with Crippen LogP contribution in [0.1, 0.15) is 49.0 Å². The third kappa shape index (κ3) is 3.74. The fourth-order valence-corrected chi connectivity index (χ4v) is 1.58. The molecule has 0 aliphatic heterocycles. The zero-order valence-electron chi connectivity index (χ0n) is 10.8. The van der Waals surface area contributed by atoms with E-state index in [4.69, 9.17) is 4.74 Å². The van der Waals surface area contributed by atoms with Crippen LogP contribution in [-0.4, -0.2) is 12.9 Å². The summed E-state index contributed by atoms with van der Waals surface area (Å²) in [5, 5.41) is 0. The second-order valence-corrected chi connectivity index (χ2v) is 4.47. The number of benzene rings is 1. The van der Waals surface area contributed by atoms with Crippen molar-refractivity contribution < 1.29 is 9.53 Å². The Morgan fingerprint density at radius 3 is 2.76 bits per heavy atom. The van der Waals surface area contributed by atoms with Gasteiger partial charge < -0.3 is 4.74 Å². The van der Waals surface area contributed by atoms with E-state index in [9.17, 15) is 4.79 Å². The molecule has 0 amide bonds. The maximum Gasteiger partial charge on any atom is 0.150 e. The van der Waals surface area contributed by atoms with Crippen molar-refractivity contribution in [2.45, 2.75) is 33.1 Å². The van der Waals surface area contributed by atoms with Crippen LogP contribution >= 0.6 is 0 Å². The summed E-state index contributed by atoms with van der Waals surface area (Å²) in [5.41, 5.74) is 2.78. The lowest BCUT2D eigenvalue weighted by Gasteiger charge is -2.16. The Morgan fingerprint density at radius 1 is 1.53 bits per heavy atom. The first-order valence-corrected chi connectivity index (χ1v) is 5.94. The summed E-state index contributed by atoms with van der Waals surface area (Å²) >= 11 is 0. The van der Waals surface area contributed by atoms with Gasteiger partial charge in [-0.2, -0.15) is 0 Å². The molecule has 0 aromatic heterocycles. The summed E-state index contributed by atoms with van der Waals surface area (Å²) in [6, 6.07) is 5.57. The van der Waals surface area contributed by atoms with Crippen molar-refractivity contribution in [3.63, 3.8) is 0 Å². The molecule has 0 aliphatic rings. The van der Waals surface area contributed by atoms with Crippen molar-refractivity contribution in [1.82, 2.24) is 0 Å². The van der Waals surface area contributed by atoms with E-state index in [1.165, 1.54) is 0 Å². The second-order valence-electron chi connectivity index (χ2n) is 4.47. The van der Waals surface area contributed by atoms with Crippen molar-refractivity contribution >= 4 is 6.29 Å². The van der Waals surface area contributed by atoms with Crippen LogP contribution in [0.2, 0.25) is 0 Å². The molecule has 0 aliphatic carbocycles. The summed E-state index contributed by atoms with van der Waals surface area (Å²) in [6.07, 6.45) is 1.89. The van der Waals surface area contributed by atoms with Gasteiger partial charge in [-0.1, -0.05) is 20.4 Å². The Balaban J connectivity index is 3.01. The van der Waals surface area contributed by atoms with E-state index < -0.39 is 0 Å². The summed E-state index contributed by atoms with van der Waals surface area (Å²) in [7, 11) is 0. The number of carbonyl (C=O) groups excluding carboxylic acids is 1. The number of aldehydes is 1. The van der Waals surface area contributed by atoms with Crippen molar-refractivity contribution in [3.05, 3.63) is 41.5 Å². The lowest BCUT2D eigenvalue weighted by atomic mass is 9.96. The van der Waals surface area contributed by atoms with Gasteiger partial charge in [0.1, 0.15) is 18.6 Å². The molecule has 1 atom stereocenters. The summed E-state index contributed by atoms with van der Waals surface area (Å²) < 4.78 is 5.71. The molecule has 0 saturated heterocycles. The average molecular weight is 232 g/mol. The summed E-state index contributed by atoms with van der Waals surface area (Å²) in [6.45, 7) is 10.5. The van der Waals surface area contributed by atoms with Crippen molar-refractivity contribution in [2.75, 3.05) is 6.61 Å². The normalized spacial score (nSPS) is 11.9. The second kappa shape index (κ2) is 6.24. The van der Waals surface area contributed by atoms with E-state index >= 15 is 0 Å². The quantitative estimate of drug-likeness (QED) is 0.548. The fraction of sp³-hybridized carbons (Fsp3) is 0.400. The molecule has 92 valence electrons. The molecule has 1 rings (SSSR count). The molecule has 0 spiro atoms. The van der Waals surface area contributed by atoms with E-state index in [0.717, 1.165) is 29.6 Å². The van der Waals surface area contributed by atoms with Gasteiger partial charge in [0.25, 0.3) is 0 Å². The van der Waals surface area contributed by atoms with E-state index in [2.05, 4.69) is 20.4 Å². The van der Waals surface area contributed by atoms with Crippen LogP contribution in [0.4, 0.5) is 0 Å². The van der Waals surface area contributed by atoms with E-state index in [1.807, 2.05) is 19.1 Å². The summed E-state index contributed by atoms with van der Waals surface area (Å²) in [4.78, 5) is 10.8. The first-order chi connectivity index (χ1) is 8.08. The van der Waals surface area contributed by atoms with E-state index in [1.54, 1.807) is 6.07 Å². The standard InChI is InChI=1S/C15H20O2/c1-5-12(4)14-8-13(9-16)6-7-15(14)17-10-11(2)3/h6-9,12H,2,5,10H2,1,3-4H3. The number of hydrogen-bond acceptors (Lipinski definition) is 2. The zero-order chi connectivity index (χ0) is 12.8. The van der Waals surface area contributed by atoms with Crippen molar-refractivity contribution in [2.24, 2.45) is 0 Å². The predicted octanol–water partition coefficient (Wildman–Crippen LogP) is 3.97. The van der Waals surface area contributed by atoms with Crippen LogP contribution in [0.15, 0.2) is 30.4 Å². The van der Waals surface area contributed by atoms with Gasteiger partial charge >= 0.3 is 0 Å². The van der Waals surface area contributed by atoms with Crippen LogP contribution in [-0.2, 0) is 0 Å². The number of carbonyl (C=O) groups is 1. The highest BCUT2D eigenvalue weighted by molar-refractivity contribution is 5.75. The smallest absolute Gasteiger partial charge is 0.150 e. The Hall–Kier alpha value is -1.57. The van der Waals surface area contributed by atoms with Crippen LogP contribution in [0.5, 0.6) is 5.75 Å². The molecule has 0 radical (unpaired) electrons. The molecular weight excluding hydrogens is 212 g/mol. The minimum Gasteiger partial charge on any atom is -0.489 e. The third-order valence-corrected chi connectivity index (χ3v) is 2.79. The Bertz CT molecular complexity index is 407. The minimum atomic E-state index is 0.384. The van der Waals surface area contributed by atoms with Crippen LogP contribution in [0, 0.1) is 0 Å². The molecule has 17 heavy (non-hydrogen) atoms. The topological polar surface area (TPSA) is 26.3 Å². The molecule has 0 N–H and O–H groups in total. The maximum absolute atomic E-state index is 10.8. The highest BCUT2D eigenvalue weighted by Gasteiger charge is 2.11. The number of rotatable bonds is 6. The van der Waals surface area contributed by atoms with Gasteiger partial charge in [-0.3, -0.25) is 4.79 Å². The van der Waals surface area contributed by atoms with Crippen molar-refractivity contribution in [3.8, 4) is 5.75 Å². The molecule has 2 nitrogen and oxygen atoms in total. The monoisotopic (exact) mass is 232 g/mol. The fourth-order valence-electron chi connectivity index (χ4n) is 1.58. The maximum atomic E-state index is 10.8. The Labute approximate surface area is 103 Å². The van der Waals surface area contributed by atoms with Gasteiger partial charge in [0, 0.05) is 5.56 Å². The molecule has 1 unspecified atom stereocenters. The zero-order valence-corrected chi connectivity index (χ0v) is 10.8. The van der Waals surface area contributed by atoms with Gasteiger partial charge in [-0.25, -0.2) is 0 Å². The molecule has 0 heterocycles. The molecule has 2 heteroatoms.